The van der Waals surface area contributed by atoms with Crippen molar-refractivity contribution in [2.45, 2.75) is 38.5 Å². The minimum Gasteiger partial charge on any atom is -0.390 e. The topological polar surface area (TPSA) is 78.4 Å². The number of rotatable bonds is 5. The maximum Gasteiger partial charge on any atom is 0.226 e. The molecule has 0 aliphatic carbocycles. The molecule has 124 valence electrons. The molecule has 2 aromatic rings. The molecule has 1 aliphatic rings. The summed E-state index contributed by atoms with van der Waals surface area (Å²) in [5.74, 6) is -0.0766. The van der Waals surface area contributed by atoms with Crippen molar-refractivity contribution < 1.29 is 9.90 Å². The maximum absolute atomic E-state index is 12.1. The smallest absolute Gasteiger partial charge is 0.226 e. The number of amides is 1. The highest BCUT2D eigenvalue weighted by Crippen LogP contribution is 2.15. The zero-order valence-electron chi connectivity index (χ0n) is 12.9. The van der Waals surface area contributed by atoms with E-state index in [1.165, 1.54) is 0 Å². The first kappa shape index (κ1) is 16.5. The highest BCUT2D eigenvalue weighted by atomic mass is 32.1. The number of hydrogen-bond acceptors (Lipinski definition) is 7. The largest absolute Gasteiger partial charge is 0.390 e. The maximum atomic E-state index is 12.1. The van der Waals surface area contributed by atoms with E-state index in [9.17, 15) is 9.90 Å². The second-order valence-corrected chi connectivity index (χ2v) is 7.56. The van der Waals surface area contributed by atoms with Crippen LogP contribution in [0.25, 0.3) is 0 Å². The molecule has 2 N–H and O–H groups in total. The van der Waals surface area contributed by atoms with Gasteiger partial charge in [-0.05, 0) is 13.3 Å². The van der Waals surface area contributed by atoms with E-state index in [0.717, 1.165) is 35.9 Å². The van der Waals surface area contributed by atoms with Crippen LogP contribution in [0.1, 0.15) is 22.8 Å². The molecule has 3 heterocycles. The lowest BCUT2D eigenvalue weighted by atomic mass is 10.0. The molecule has 0 spiro atoms. The lowest BCUT2D eigenvalue weighted by Gasteiger charge is -2.35. The lowest BCUT2D eigenvalue weighted by molar-refractivity contribution is -0.122. The van der Waals surface area contributed by atoms with Crippen molar-refractivity contribution in [3.63, 3.8) is 0 Å². The second kappa shape index (κ2) is 7.48. The Morgan fingerprint density at radius 1 is 1.48 bits per heavy atom. The summed E-state index contributed by atoms with van der Waals surface area (Å²) in [6.45, 7) is 4.07. The average molecular weight is 352 g/mol. The molecule has 1 aliphatic heterocycles. The molecule has 0 bridgehead atoms. The monoisotopic (exact) mass is 352 g/mol. The number of thiazole rings is 2. The first-order chi connectivity index (χ1) is 11.1. The number of likely N-dealkylation sites (tertiary alicyclic amines) is 1. The minimum absolute atomic E-state index is 0.0766. The van der Waals surface area contributed by atoms with E-state index in [-0.39, 0.29) is 18.4 Å². The Morgan fingerprint density at radius 3 is 3.00 bits per heavy atom. The predicted molar refractivity (Wildman–Crippen MR) is 90.5 cm³/mol. The Balaban J connectivity index is 1.47. The van der Waals surface area contributed by atoms with Gasteiger partial charge >= 0.3 is 0 Å². The molecule has 8 heteroatoms. The zero-order valence-corrected chi connectivity index (χ0v) is 14.6. The van der Waals surface area contributed by atoms with E-state index in [4.69, 9.17) is 0 Å². The van der Waals surface area contributed by atoms with Crippen molar-refractivity contribution in [1.29, 1.82) is 0 Å². The quantitative estimate of drug-likeness (QED) is 0.845. The number of aliphatic hydroxyl groups is 1. The molecule has 3 rings (SSSR count). The standard InChI is InChI=1S/C15H20N4O2S2/c1-10-17-11(8-23-10)4-15(21)18-13-2-3-19(6-14(13)20)5-12-7-22-9-16-12/h7-9,13-14,20H,2-6H2,1H3,(H,18,21)/t13-,14-/m1/s1. The molecule has 0 unspecified atom stereocenters. The van der Waals surface area contributed by atoms with Gasteiger partial charge in [0.25, 0.3) is 0 Å². The number of nitrogens with one attached hydrogen (secondary N) is 1. The number of aryl methyl sites for hydroxylation is 1. The van der Waals surface area contributed by atoms with Crippen LogP contribution in [-0.4, -0.2) is 51.1 Å². The summed E-state index contributed by atoms with van der Waals surface area (Å²) in [4.78, 5) is 22.8. The van der Waals surface area contributed by atoms with Crippen LogP contribution in [0.4, 0.5) is 0 Å². The number of piperidine rings is 1. The summed E-state index contributed by atoms with van der Waals surface area (Å²) in [5, 5.41) is 18.1. The molecule has 2 atom stereocenters. The van der Waals surface area contributed by atoms with E-state index < -0.39 is 6.10 Å². The fourth-order valence-electron chi connectivity index (χ4n) is 2.77. The van der Waals surface area contributed by atoms with Gasteiger partial charge in [-0.3, -0.25) is 9.69 Å². The fraction of sp³-hybridized carbons (Fsp3) is 0.533. The third-order valence-electron chi connectivity index (χ3n) is 3.89. The van der Waals surface area contributed by atoms with Crippen LogP contribution in [0.2, 0.25) is 0 Å². The number of nitrogens with zero attached hydrogens (tertiary/aromatic N) is 3. The van der Waals surface area contributed by atoms with Gasteiger partial charge in [0.05, 0.1) is 40.5 Å². The van der Waals surface area contributed by atoms with Gasteiger partial charge in [0.2, 0.25) is 5.91 Å². The summed E-state index contributed by atoms with van der Waals surface area (Å²) < 4.78 is 0. The Hall–Kier alpha value is -1.35. The summed E-state index contributed by atoms with van der Waals surface area (Å²) in [6, 6.07) is -0.186. The molecule has 1 fully saturated rings. The summed E-state index contributed by atoms with van der Waals surface area (Å²) in [7, 11) is 0. The Kier molecular flexibility index (Phi) is 5.37. The molecule has 0 radical (unpaired) electrons. The van der Waals surface area contributed by atoms with Gasteiger partial charge in [-0.1, -0.05) is 0 Å². The minimum atomic E-state index is -0.552. The van der Waals surface area contributed by atoms with Gasteiger partial charge in [-0.2, -0.15) is 0 Å². The number of aliphatic hydroxyl groups excluding tert-OH is 1. The van der Waals surface area contributed by atoms with E-state index in [1.54, 1.807) is 22.7 Å². The third-order valence-corrected chi connectivity index (χ3v) is 5.35. The van der Waals surface area contributed by atoms with Crippen molar-refractivity contribution in [2.24, 2.45) is 0 Å². The zero-order chi connectivity index (χ0) is 16.2. The van der Waals surface area contributed by atoms with Crippen LogP contribution < -0.4 is 5.32 Å². The summed E-state index contributed by atoms with van der Waals surface area (Å²) >= 11 is 3.12. The van der Waals surface area contributed by atoms with Crippen LogP contribution in [0.3, 0.4) is 0 Å². The predicted octanol–water partition coefficient (Wildman–Crippen LogP) is 1.20. The number of β-amino-alcohol motifs (C(OH)–C–C–N with tert-alkyl or cyclic N) is 1. The molecular weight excluding hydrogens is 332 g/mol. The van der Waals surface area contributed by atoms with Gasteiger partial charge in [-0.25, -0.2) is 9.97 Å². The molecule has 0 saturated carbocycles. The average Bonchev–Trinajstić information content (AvgIpc) is 3.14. The first-order valence-electron chi connectivity index (χ1n) is 7.58. The van der Waals surface area contributed by atoms with Crippen molar-refractivity contribution >= 4 is 28.6 Å². The van der Waals surface area contributed by atoms with E-state index in [0.29, 0.717) is 6.54 Å². The molecule has 1 amide bonds. The van der Waals surface area contributed by atoms with Crippen molar-refractivity contribution in [3.05, 3.63) is 32.7 Å². The van der Waals surface area contributed by atoms with Crippen LogP contribution in [0.5, 0.6) is 0 Å². The summed E-state index contributed by atoms with van der Waals surface area (Å²) in [5.41, 5.74) is 3.64. The van der Waals surface area contributed by atoms with Gasteiger partial charge in [0, 0.05) is 30.4 Å². The van der Waals surface area contributed by atoms with Crippen LogP contribution in [0, 0.1) is 6.92 Å². The highest BCUT2D eigenvalue weighted by Gasteiger charge is 2.29. The van der Waals surface area contributed by atoms with E-state index in [1.807, 2.05) is 23.2 Å². The molecule has 2 aromatic heterocycles. The number of hydrogen-bond donors (Lipinski definition) is 2. The van der Waals surface area contributed by atoms with Crippen LogP contribution in [0.15, 0.2) is 16.3 Å². The Bertz CT molecular complexity index is 644. The number of carbonyl (C=O) groups excluding carboxylic acids is 1. The van der Waals surface area contributed by atoms with Crippen LogP contribution >= 0.6 is 22.7 Å². The lowest BCUT2D eigenvalue weighted by Crippen LogP contribution is -2.54. The second-order valence-electron chi connectivity index (χ2n) is 5.78. The Labute approximate surface area is 143 Å². The molecule has 6 nitrogen and oxygen atoms in total. The Morgan fingerprint density at radius 2 is 2.35 bits per heavy atom. The van der Waals surface area contributed by atoms with Gasteiger partial charge in [-0.15, -0.1) is 22.7 Å². The van der Waals surface area contributed by atoms with Gasteiger partial charge in [0.1, 0.15) is 0 Å². The molecule has 0 aromatic carbocycles. The van der Waals surface area contributed by atoms with Crippen molar-refractivity contribution in [1.82, 2.24) is 20.2 Å². The van der Waals surface area contributed by atoms with E-state index in [2.05, 4.69) is 20.2 Å². The van der Waals surface area contributed by atoms with Crippen molar-refractivity contribution in [3.8, 4) is 0 Å². The molecule has 23 heavy (non-hydrogen) atoms. The normalized spacial score (nSPS) is 22.2. The number of carbonyl (C=O) groups is 1. The van der Waals surface area contributed by atoms with E-state index >= 15 is 0 Å². The molecular formula is C15H20N4O2S2. The summed E-state index contributed by atoms with van der Waals surface area (Å²) in [6.07, 6.45) is 0.465. The van der Waals surface area contributed by atoms with Crippen LogP contribution in [-0.2, 0) is 17.8 Å². The first-order valence-corrected chi connectivity index (χ1v) is 9.40. The van der Waals surface area contributed by atoms with Gasteiger partial charge < -0.3 is 10.4 Å². The molecule has 1 saturated heterocycles. The fourth-order valence-corrected chi connectivity index (χ4v) is 3.93. The highest BCUT2D eigenvalue weighted by molar-refractivity contribution is 7.09. The SMILES string of the molecule is Cc1nc(CC(=O)N[C@@H]2CCN(Cc3cscn3)C[C@H]2O)cs1. The van der Waals surface area contributed by atoms with Crippen molar-refractivity contribution in [2.75, 3.05) is 13.1 Å². The number of aromatic nitrogens is 2. The third kappa shape index (κ3) is 4.57. The van der Waals surface area contributed by atoms with Gasteiger partial charge in [0.15, 0.2) is 0 Å².